The lowest BCUT2D eigenvalue weighted by Gasteiger charge is -2.09. The first kappa shape index (κ1) is 13.3. The molecule has 2 heterocycles. The lowest BCUT2D eigenvalue weighted by atomic mass is 10.2. The van der Waals surface area contributed by atoms with Crippen LogP contribution in [0.5, 0.6) is 0 Å². The SMILES string of the molecule is O=c1c([N+](=O)[O-])c(Cl)nc2c(C(F)(F)F)cccn12. The first-order valence-electron chi connectivity index (χ1n) is 4.66. The van der Waals surface area contributed by atoms with E-state index in [9.17, 15) is 28.1 Å². The summed E-state index contributed by atoms with van der Waals surface area (Å²) in [6, 6.07) is 1.64. The number of aromatic nitrogens is 2. The van der Waals surface area contributed by atoms with E-state index in [2.05, 4.69) is 4.98 Å². The summed E-state index contributed by atoms with van der Waals surface area (Å²) in [4.78, 5) is 24.5. The van der Waals surface area contributed by atoms with Crippen molar-refractivity contribution in [2.24, 2.45) is 0 Å². The zero-order valence-corrected chi connectivity index (χ0v) is 9.57. The Hall–Kier alpha value is -2.16. The minimum absolute atomic E-state index is 0.437. The topological polar surface area (TPSA) is 77.5 Å². The summed E-state index contributed by atoms with van der Waals surface area (Å²) >= 11 is 5.39. The third-order valence-electron chi connectivity index (χ3n) is 2.28. The Bertz CT molecular complexity index is 741. The predicted octanol–water partition coefficient (Wildman–Crippen LogP) is 2.27. The summed E-state index contributed by atoms with van der Waals surface area (Å²) in [5.74, 6) is 0. The standard InChI is InChI=1S/C9H3ClF3N3O3/c10-6-5(16(18)19)8(17)15-3-1-2-4(7(15)14-6)9(11,12)13/h1-3H. The Morgan fingerprint density at radius 2 is 2.05 bits per heavy atom. The van der Waals surface area contributed by atoms with Gasteiger partial charge in [0.15, 0.2) is 5.65 Å². The number of fused-ring (bicyclic) bond motifs is 1. The second-order valence-corrected chi connectivity index (χ2v) is 3.78. The van der Waals surface area contributed by atoms with Gasteiger partial charge in [0.25, 0.3) is 0 Å². The van der Waals surface area contributed by atoms with Gasteiger partial charge in [-0.3, -0.25) is 19.3 Å². The molecule has 0 saturated carbocycles. The molecule has 0 saturated heterocycles. The van der Waals surface area contributed by atoms with Crippen LogP contribution >= 0.6 is 11.6 Å². The molecule has 2 aromatic rings. The first-order valence-corrected chi connectivity index (χ1v) is 5.03. The number of nitrogens with zero attached hydrogens (tertiary/aromatic N) is 3. The van der Waals surface area contributed by atoms with Crippen molar-refractivity contribution in [1.29, 1.82) is 0 Å². The summed E-state index contributed by atoms with van der Waals surface area (Å²) in [5, 5.41) is 9.73. The van der Waals surface area contributed by atoms with Gasteiger partial charge in [-0.2, -0.15) is 13.2 Å². The summed E-state index contributed by atoms with van der Waals surface area (Å²) < 4.78 is 38.6. The largest absolute Gasteiger partial charge is 0.419 e. The van der Waals surface area contributed by atoms with Crippen molar-refractivity contribution in [1.82, 2.24) is 9.38 Å². The molecule has 2 aromatic heterocycles. The van der Waals surface area contributed by atoms with E-state index in [1.807, 2.05) is 0 Å². The highest BCUT2D eigenvalue weighted by atomic mass is 35.5. The molecule has 0 N–H and O–H groups in total. The molecular weight excluding hydrogens is 291 g/mol. The molecule has 2 rings (SSSR count). The van der Waals surface area contributed by atoms with E-state index in [1.165, 1.54) is 0 Å². The number of halogens is 4. The molecule has 0 unspecified atom stereocenters. The second-order valence-electron chi connectivity index (χ2n) is 3.43. The lowest BCUT2D eigenvalue weighted by Crippen LogP contribution is -2.21. The maximum Gasteiger partial charge on any atom is 0.419 e. The van der Waals surface area contributed by atoms with Gasteiger partial charge in [-0.1, -0.05) is 11.6 Å². The average molecular weight is 294 g/mol. The van der Waals surface area contributed by atoms with Crippen LogP contribution in [-0.4, -0.2) is 14.3 Å². The van der Waals surface area contributed by atoms with Crippen LogP contribution in [0.25, 0.3) is 5.65 Å². The zero-order chi connectivity index (χ0) is 14.4. The van der Waals surface area contributed by atoms with Crippen molar-refractivity contribution >= 4 is 22.9 Å². The van der Waals surface area contributed by atoms with E-state index in [1.54, 1.807) is 0 Å². The highest BCUT2D eigenvalue weighted by molar-refractivity contribution is 6.31. The number of hydrogen-bond acceptors (Lipinski definition) is 4. The molecule has 0 atom stereocenters. The fourth-order valence-corrected chi connectivity index (χ4v) is 1.73. The van der Waals surface area contributed by atoms with Crippen LogP contribution in [0.1, 0.15) is 5.56 Å². The first-order chi connectivity index (χ1) is 8.73. The highest BCUT2D eigenvalue weighted by Gasteiger charge is 2.35. The molecule has 10 heteroatoms. The lowest BCUT2D eigenvalue weighted by molar-refractivity contribution is -0.386. The fourth-order valence-electron chi connectivity index (χ4n) is 1.50. The Morgan fingerprint density at radius 1 is 1.42 bits per heavy atom. The van der Waals surface area contributed by atoms with Gasteiger partial charge in [0, 0.05) is 6.20 Å². The quantitative estimate of drug-likeness (QED) is 0.459. The monoisotopic (exact) mass is 293 g/mol. The van der Waals surface area contributed by atoms with Crippen molar-refractivity contribution in [2.75, 3.05) is 0 Å². The summed E-state index contributed by atoms with van der Waals surface area (Å²) in [7, 11) is 0. The summed E-state index contributed by atoms with van der Waals surface area (Å²) in [6.45, 7) is 0. The molecule has 0 aliphatic heterocycles. The van der Waals surface area contributed by atoms with Crippen molar-refractivity contribution in [3.63, 3.8) is 0 Å². The third-order valence-corrected chi connectivity index (χ3v) is 2.54. The Labute approximate surface area is 107 Å². The van der Waals surface area contributed by atoms with Gasteiger partial charge in [0.05, 0.1) is 10.5 Å². The van der Waals surface area contributed by atoms with E-state index < -0.39 is 38.7 Å². The molecule has 0 aliphatic carbocycles. The molecular formula is C9H3ClF3N3O3. The maximum atomic E-state index is 12.7. The minimum atomic E-state index is -4.76. The van der Waals surface area contributed by atoms with Gasteiger partial charge in [0.1, 0.15) is 0 Å². The van der Waals surface area contributed by atoms with Crippen LogP contribution in [-0.2, 0) is 6.18 Å². The molecule has 19 heavy (non-hydrogen) atoms. The van der Waals surface area contributed by atoms with E-state index in [-0.39, 0.29) is 0 Å². The molecule has 0 radical (unpaired) electrons. The van der Waals surface area contributed by atoms with E-state index in [4.69, 9.17) is 11.6 Å². The molecule has 0 aliphatic rings. The average Bonchev–Trinajstić information content (AvgIpc) is 2.26. The zero-order valence-electron chi connectivity index (χ0n) is 8.81. The predicted molar refractivity (Wildman–Crippen MR) is 58.1 cm³/mol. The normalized spacial score (nSPS) is 11.8. The van der Waals surface area contributed by atoms with Crippen LogP contribution in [0, 0.1) is 10.1 Å². The number of pyridine rings is 1. The summed E-state index contributed by atoms with van der Waals surface area (Å²) in [5.41, 5.74) is -4.33. The fraction of sp³-hybridized carbons (Fsp3) is 0.111. The molecule has 0 fully saturated rings. The van der Waals surface area contributed by atoms with Crippen molar-refractivity contribution in [2.45, 2.75) is 6.18 Å². The van der Waals surface area contributed by atoms with Crippen molar-refractivity contribution in [3.05, 3.63) is 49.5 Å². The second kappa shape index (κ2) is 4.19. The number of rotatable bonds is 1. The van der Waals surface area contributed by atoms with E-state index in [0.29, 0.717) is 10.5 Å². The number of hydrogen-bond donors (Lipinski definition) is 0. The van der Waals surface area contributed by atoms with Crippen LogP contribution in [0.15, 0.2) is 23.1 Å². The third kappa shape index (κ3) is 2.12. The van der Waals surface area contributed by atoms with Crippen LogP contribution in [0.4, 0.5) is 18.9 Å². The van der Waals surface area contributed by atoms with Crippen molar-refractivity contribution in [3.8, 4) is 0 Å². The van der Waals surface area contributed by atoms with Crippen LogP contribution in [0.2, 0.25) is 5.15 Å². The van der Waals surface area contributed by atoms with Crippen LogP contribution in [0.3, 0.4) is 0 Å². The Kier molecular flexibility index (Phi) is 2.93. The van der Waals surface area contributed by atoms with Crippen molar-refractivity contribution < 1.29 is 18.1 Å². The van der Waals surface area contributed by atoms with Gasteiger partial charge in [0.2, 0.25) is 5.15 Å². The molecule has 0 amide bonds. The van der Waals surface area contributed by atoms with Gasteiger partial charge in [-0.05, 0) is 12.1 Å². The molecule has 0 spiro atoms. The number of alkyl halides is 3. The molecule has 6 nitrogen and oxygen atoms in total. The van der Waals surface area contributed by atoms with E-state index >= 15 is 0 Å². The maximum absolute atomic E-state index is 12.7. The van der Waals surface area contributed by atoms with Gasteiger partial charge in [-0.15, -0.1) is 0 Å². The van der Waals surface area contributed by atoms with Crippen LogP contribution < -0.4 is 5.56 Å². The Morgan fingerprint density at radius 3 is 2.58 bits per heavy atom. The minimum Gasteiger partial charge on any atom is -0.261 e. The molecule has 0 aromatic carbocycles. The van der Waals surface area contributed by atoms with E-state index in [0.717, 1.165) is 12.3 Å². The smallest absolute Gasteiger partial charge is 0.261 e. The van der Waals surface area contributed by atoms with Gasteiger partial charge in [-0.25, -0.2) is 4.98 Å². The summed E-state index contributed by atoms with van der Waals surface area (Å²) in [6.07, 6.45) is -3.81. The number of nitro groups is 1. The molecule has 0 bridgehead atoms. The Balaban J connectivity index is 2.97. The van der Waals surface area contributed by atoms with Gasteiger partial charge >= 0.3 is 17.4 Å². The van der Waals surface area contributed by atoms with Gasteiger partial charge < -0.3 is 0 Å². The molecule has 100 valence electrons. The highest BCUT2D eigenvalue weighted by Crippen LogP contribution is 2.32.